The lowest BCUT2D eigenvalue weighted by atomic mass is 10.0. The van der Waals surface area contributed by atoms with Gasteiger partial charge in [-0.2, -0.15) is 11.8 Å². The van der Waals surface area contributed by atoms with Gasteiger partial charge < -0.3 is 5.32 Å². The van der Waals surface area contributed by atoms with Gasteiger partial charge in [-0.25, -0.2) is 0 Å². The summed E-state index contributed by atoms with van der Waals surface area (Å²) < 4.78 is 0. The van der Waals surface area contributed by atoms with Crippen molar-refractivity contribution in [1.82, 2.24) is 10.2 Å². The molecule has 1 N–H and O–H groups in total. The fourth-order valence-corrected chi connectivity index (χ4v) is 2.74. The van der Waals surface area contributed by atoms with Gasteiger partial charge in [0.2, 0.25) is 0 Å². The van der Waals surface area contributed by atoms with Gasteiger partial charge in [0.25, 0.3) is 0 Å². The zero-order valence-corrected chi connectivity index (χ0v) is 10.8. The molecule has 1 aliphatic rings. The zero-order valence-electron chi connectivity index (χ0n) is 9.97. The van der Waals surface area contributed by atoms with Crippen LogP contribution >= 0.6 is 11.8 Å². The summed E-state index contributed by atoms with van der Waals surface area (Å²) >= 11 is 2.05. The molecule has 0 aromatic heterocycles. The average Bonchev–Trinajstić information content (AvgIpc) is 2.12. The van der Waals surface area contributed by atoms with Gasteiger partial charge in [-0.1, -0.05) is 6.92 Å². The fraction of sp³-hybridized carbons (Fsp3) is 1.00. The number of nitrogens with one attached hydrogen (secondary N) is 1. The van der Waals surface area contributed by atoms with Crippen molar-refractivity contribution < 1.29 is 0 Å². The highest BCUT2D eigenvalue weighted by atomic mass is 32.2. The van der Waals surface area contributed by atoms with Crippen LogP contribution in [0.3, 0.4) is 0 Å². The highest BCUT2D eigenvalue weighted by Gasteiger charge is 2.27. The van der Waals surface area contributed by atoms with E-state index in [2.05, 4.69) is 37.9 Å². The highest BCUT2D eigenvalue weighted by Crippen LogP contribution is 2.15. The lowest BCUT2D eigenvalue weighted by molar-refractivity contribution is 0.126. The third-order valence-corrected chi connectivity index (χ3v) is 3.91. The first kappa shape index (κ1) is 12.3. The second-order valence-corrected chi connectivity index (χ2v) is 6.11. The Labute approximate surface area is 92.8 Å². The monoisotopic (exact) mass is 216 g/mol. The van der Waals surface area contributed by atoms with Gasteiger partial charge in [0, 0.05) is 37.0 Å². The van der Waals surface area contributed by atoms with Crippen LogP contribution in [0.5, 0.6) is 0 Å². The van der Waals surface area contributed by atoms with Crippen LogP contribution < -0.4 is 5.32 Å². The lowest BCUT2D eigenvalue weighted by Crippen LogP contribution is -2.59. The Morgan fingerprint density at radius 2 is 2.21 bits per heavy atom. The molecule has 1 fully saturated rings. The van der Waals surface area contributed by atoms with Crippen LogP contribution in [0, 0.1) is 0 Å². The third kappa shape index (κ3) is 3.79. The molecule has 0 bridgehead atoms. The Balaban J connectivity index is 2.35. The number of piperazine rings is 1. The minimum absolute atomic E-state index is 0.295. The predicted octanol–water partition coefficient (Wildman–Crippen LogP) is 1.81. The molecule has 14 heavy (non-hydrogen) atoms. The molecule has 0 radical (unpaired) electrons. The summed E-state index contributed by atoms with van der Waals surface area (Å²) in [5, 5.41) is 3.55. The topological polar surface area (TPSA) is 15.3 Å². The van der Waals surface area contributed by atoms with E-state index < -0.39 is 0 Å². The van der Waals surface area contributed by atoms with Gasteiger partial charge in [0.1, 0.15) is 0 Å². The zero-order chi connectivity index (χ0) is 10.6. The van der Waals surface area contributed by atoms with Crippen LogP contribution in [-0.4, -0.2) is 47.6 Å². The van der Waals surface area contributed by atoms with Crippen molar-refractivity contribution in [2.45, 2.75) is 39.3 Å². The van der Waals surface area contributed by atoms with E-state index in [1.165, 1.54) is 24.6 Å². The predicted molar refractivity (Wildman–Crippen MR) is 66.1 cm³/mol. The van der Waals surface area contributed by atoms with Gasteiger partial charge in [-0.05, 0) is 26.5 Å². The first-order valence-corrected chi connectivity index (χ1v) is 6.77. The second kappa shape index (κ2) is 5.38. The molecule has 2 nitrogen and oxygen atoms in total. The maximum atomic E-state index is 3.55. The van der Waals surface area contributed by atoms with E-state index >= 15 is 0 Å². The third-order valence-electron chi connectivity index (χ3n) is 2.79. The van der Waals surface area contributed by atoms with Crippen LogP contribution in [-0.2, 0) is 0 Å². The average molecular weight is 216 g/mol. The van der Waals surface area contributed by atoms with Crippen molar-refractivity contribution in [1.29, 1.82) is 0 Å². The molecule has 0 spiro atoms. The fourth-order valence-electron chi connectivity index (χ4n) is 1.95. The Morgan fingerprint density at radius 3 is 2.79 bits per heavy atom. The summed E-state index contributed by atoms with van der Waals surface area (Å²) in [6.07, 6.45) is 0. The van der Waals surface area contributed by atoms with Gasteiger partial charge in [-0.15, -0.1) is 0 Å². The summed E-state index contributed by atoms with van der Waals surface area (Å²) in [6.45, 7) is 12.7. The number of hydrogen-bond acceptors (Lipinski definition) is 3. The molecular weight excluding hydrogens is 192 g/mol. The summed E-state index contributed by atoms with van der Waals surface area (Å²) in [4.78, 5) is 2.61. The number of thioether (sulfide) groups is 1. The summed E-state index contributed by atoms with van der Waals surface area (Å²) in [7, 11) is 0. The van der Waals surface area contributed by atoms with Crippen LogP contribution in [0.2, 0.25) is 0 Å². The van der Waals surface area contributed by atoms with E-state index in [1.54, 1.807) is 0 Å². The van der Waals surface area contributed by atoms with E-state index in [4.69, 9.17) is 0 Å². The smallest absolute Gasteiger partial charge is 0.0252 e. The lowest BCUT2D eigenvalue weighted by Gasteiger charge is -2.42. The number of nitrogens with zero attached hydrogens (tertiary/aromatic N) is 1. The highest BCUT2D eigenvalue weighted by molar-refractivity contribution is 7.99. The van der Waals surface area contributed by atoms with Crippen molar-refractivity contribution in [2.24, 2.45) is 0 Å². The van der Waals surface area contributed by atoms with Crippen molar-refractivity contribution in [3.63, 3.8) is 0 Å². The Kier molecular flexibility index (Phi) is 4.74. The molecule has 1 heterocycles. The molecule has 1 unspecified atom stereocenters. The van der Waals surface area contributed by atoms with Crippen molar-refractivity contribution in [3.8, 4) is 0 Å². The van der Waals surface area contributed by atoms with Crippen LogP contribution in [0.1, 0.15) is 27.7 Å². The molecule has 0 aromatic carbocycles. The second-order valence-electron chi connectivity index (χ2n) is 4.79. The molecule has 0 aliphatic carbocycles. The van der Waals surface area contributed by atoms with E-state index in [9.17, 15) is 0 Å². The molecule has 1 atom stereocenters. The van der Waals surface area contributed by atoms with Crippen LogP contribution in [0.15, 0.2) is 0 Å². The van der Waals surface area contributed by atoms with Crippen LogP contribution in [0.25, 0.3) is 0 Å². The molecule has 0 aromatic rings. The Bertz CT molecular complexity index is 171. The summed E-state index contributed by atoms with van der Waals surface area (Å²) in [6, 6.07) is 0.723. The van der Waals surface area contributed by atoms with Crippen molar-refractivity contribution in [2.75, 3.05) is 31.1 Å². The quantitative estimate of drug-likeness (QED) is 0.771. The Morgan fingerprint density at radius 1 is 1.50 bits per heavy atom. The molecule has 1 aliphatic heterocycles. The van der Waals surface area contributed by atoms with E-state index in [-0.39, 0.29) is 0 Å². The minimum atomic E-state index is 0.295. The van der Waals surface area contributed by atoms with E-state index in [0.29, 0.717) is 5.54 Å². The van der Waals surface area contributed by atoms with Gasteiger partial charge >= 0.3 is 0 Å². The molecule has 1 rings (SSSR count). The summed E-state index contributed by atoms with van der Waals surface area (Å²) in [5.41, 5.74) is 0.295. The molecule has 0 saturated carbocycles. The standard InChI is InChI=1S/C11H24N2S/c1-5-14-8-10(2)13-7-6-12-11(3,4)9-13/h10,12H,5-9H2,1-4H3. The maximum absolute atomic E-state index is 3.55. The van der Waals surface area contributed by atoms with Gasteiger partial charge in [0.05, 0.1) is 0 Å². The van der Waals surface area contributed by atoms with Gasteiger partial charge in [-0.3, -0.25) is 4.90 Å². The molecule has 0 amide bonds. The van der Waals surface area contributed by atoms with Crippen LogP contribution in [0.4, 0.5) is 0 Å². The number of rotatable bonds is 4. The largest absolute Gasteiger partial charge is 0.309 e. The maximum Gasteiger partial charge on any atom is 0.0252 e. The molecular formula is C11H24N2S. The molecule has 84 valence electrons. The van der Waals surface area contributed by atoms with Crippen molar-refractivity contribution in [3.05, 3.63) is 0 Å². The van der Waals surface area contributed by atoms with Gasteiger partial charge in [0.15, 0.2) is 0 Å². The van der Waals surface area contributed by atoms with E-state index in [0.717, 1.165) is 12.6 Å². The first-order chi connectivity index (χ1) is 6.55. The van der Waals surface area contributed by atoms with E-state index in [1.807, 2.05) is 11.8 Å². The molecule has 3 heteroatoms. The molecule has 1 saturated heterocycles. The minimum Gasteiger partial charge on any atom is -0.309 e. The summed E-state index contributed by atoms with van der Waals surface area (Å²) in [5.74, 6) is 2.51. The Hall–Kier alpha value is 0.270. The first-order valence-electron chi connectivity index (χ1n) is 5.62. The van der Waals surface area contributed by atoms with Crippen molar-refractivity contribution >= 4 is 11.8 Å². The SMILES string of the molecule is CCSCC(C)N1CCNC(C)(C)C1. The normalized spacial score (nSPS) is 24.9. The number of hydrogen-bond donors (Lipinski definition) is 1.